The summed E-state index contributed by atoms with van der Waals surface area (Å²) in [6.07, 6.45) is 2.88. The number of anilines is 1. The monoisotopic (exact) mass is 467 g/mol. The van der Waals surface area contributed by atoms with Crippen molar-refractivity contribution in [2.45, 2.75) is 19.9 Å². The summed E-state index contributed by atoms with van der Waals surface area (Å²) in [6.45, 7) is 3.42. The standard InChI is InChI=1S/C23H18FN3O5S/c1-3-32-22(31)20-12(2)26-23(33-20)27-17(13-4-6-15(24)7-5-13)16(19(29)21(27)30)18(28)14-8-10-25-11-9-14/h4-11,17,28H,3H2,1-2H3. The first kappa shape index (κ1) is 22.3. The number of aryl methyl sites for hydroxylation is 1. The second-order valence-corrected chi connectivity index (χ2v) is 8.07. The molecule has 33 heavy (non-hydrogen) atoms. The fourth-order valence-corrected chi connectivity index (χ4v) is 4.51. The molecule has 1 amide bonds. The molecule has 1 atom stereocenters. The molecule has 1 aromatic carbocycles. The van der Waals surface area contributed by atoms with E-state index in [1.807, 2.05) is 0 Å². The third-order valence-electron chi connectivity index (χ3n) is 5.04. The highest BCUT2D eigenvalue weighted by molar-refractivity contribution is 7.17. The number of ketones is 1. The Morgan fingerprint density at radius 2 is 1.85 bits per heavy atom. The van der Waals surface area contributed by atoms with Crippen LogP contribution in [0.2, 0.25) is 0 Å². The number of aliphatic hydroxyl groups excluding tert-OH is 1. The van der Waals surface area contributed by atoms with Crippen LogP contribution in [0, 0.1) is 12.7 Å². The zero-order valence-corrected chi connectivity index (χ0v) is 18.4. The number of aromatic nitrogens is 2. The van der Waals surface area contributed by atoms with Gasteiger partial charge in [-0.3, -0.25) is 19.5 Å². The lowest BCUT2D eigenvalue weighted by Gasteiger charge is -2.23. The molecule has 1 fully saturated rings. The molecule has 1 aliphatic rings. The number of hydrogen-bond acceptors (Lipinski definition) is 8. The molecule has 8 nitrogen and oxygen atoms in total. The van der Waals surface area contributed by atoms with Crippen LogP contribution in [-0.2, 0) is 14.3 Å². The van der Waals surface area contributed by atoms with Crippen molar-refractivity contribution in [3.05, 3.63) is 81.9 Å². The van der Waals surface area contributed by atoms with Crippen molar-refractivity contribution in [3.8, 4) is 0 Å². The summed E-state index contributed by atoms with van der Waals surface area (Å²) in [5.74, 6) is -3.34. The first-order valence-corrected chi connectivity index (χ1v) is 10.8. The normalized spacial score (nSPS) is 17.4. The average Bonchev–Trinajstić information content (AvgIpc) is 3.32. The van der Waals surface area contributed by atoms with Gasteiger partial charge in [-0.2, -0.15) is 0 Å². The number of halogens is 1. The Balaban J connectivity index is 1.90. The van der Waals surface area contributed by atoms with E-state index in [0.717, 1.165) is 16.2 Å². The minimum atomic E-state index is -1.08. The lowest BCUT2D eigenvalue weighted by molar-refractivity contribution is -0.132. The van der Waals surface area contributed by atoms with Gasteiger partial charge in [0.25, 0.3) is 5.78 Å². The van der Waals surface area contributed by atoms with E-state index in [2.05, 4.69) is 9.97 Å². The van der Waals surface area contributed by atoms with Crippen LogP contribution in [0.25, 0.3) is 5.76 Å². The Bertz CT molecular complexity index is 1270. The predicted octanol–water partition coefficient (Wildman–Crippen LogP) is 3.79. The lowest BCUT2D eigenvalue weighted by Crippen LogP contribution is -2.29. The van der Waals surface area contributed by atoms with Crippen molar-refractivity contribution in [1.82, 2.24) is 9.97 Å². The van der Waals surface area contributed by atoms with Crippen LogP contribution < -0.4 is 4.90 Å². The molecule has 1 saturated heterocycles. The zero-order chi connectivity index (χ0) is 23.7. The van der Waals surface area contributed by atoms with Crippen molar-refractivity contribution in [2.24, 2.45) is 0 Å². The molecule has 168 valence electrons. The summed E-state index contributed by atoms with van der Waals surface area (Å²) < 4.78 is 18.6. The van der Waals surface area contributed by atoms with Gasteiger partial charge in [0.1, 0.15) is 16.5 Å². The summed E-state index contributed by atoms with van der Waals surface area (Å²) >= 11 is 0.901. The second-order valence-electron chi connectivity index (χ2n) is 7.09. The lowest BCUT2D eigenvalue weighted by atomic mass is 9.95. The quantitative estimate of drug-likeness (QED) is 0.263. The number of rotatable bonds is 5. The molecule has 0 spiro atoms. The van der Waals surface area contributed by atoms with Crippen LogP contribution in [0.4, 0.5) is 9.52 Å². The van der Waals surface area contributed by atoms with E-state index >= 15 is 0 Å². The van der Waals surface area contributed by atoms with Crippen molar-refractivity contribution in [1.29, 1.82) is 0 Å². The number of ether oxygens (including phenoxy) is 1. The van der Waals surface area contributed by atoms with Gasteiger partial charge in [0, 0.05) is 18.0 Å². The van der Waals surface area contributed by atoms with Crippen LogP contribution >= 0.6 is 11.3 Å². The maximum atomic E-state index is 13.6. The molecule has 3 aromatic rings. The number of thiazole rings is 1. The molecular weight excluding hydrogens is 449 g/mol. The van der Waals surface area contributed by atoms with Gasteiger partial charge in [-0.15, -0.1) is 0 Å². The number of esters is 1. The molecule has 2 aromatic heterocycles. The Labute approximate surface area is 192 Å². The van der Waals surface area contributed by atoms with Crippen LogP contribution in [-0.4, -0.2) is 39.3 Å². The van der Waals surface area contributed by atoms with Gasteiger partial charge in [-0.25, -0.2) is 14.2 Å². The highest BCUT2D eigenvalue weighted by Gasteiger charge is 2.48. The molecule has 0 aliphatic carbocycles. The molecule has 1 unspecified atom stereocenters. The van der Waals surface area contributed by atoms with Crippen LogP contribution in [0.15, 0.2) is 54.4 Å². The smallest absolute Gasteiger partial charge is 0.350 e. The van der Waals surface area contributed by atoms with E-state index in [-0.39, 0.29) is 27.8 Å². The van der Waals surface area contributed by atoms with Gasteiger partial charge < -0.3 is 9.84 Å². The van der Waals surface area contributed by atoms with Crippen molar-refractivity contribution >= 4 is 39.9 Å². The number of aliphatic hydroxyl groups is 1. The molecule has 0 saturated carbocycles. The number of Topliss-reactive ketones (excluding diaryl/α,β-unsaturated/α-hetero) is 1. The minimum absolute atomic E-state index is 0.0840. The zero-order valence-electron chi connectivity index (χ0n) is 17.6. The van der Waals surface area contributed by atoms with E-state index in [1.165, 1.54) is 48.8 Å². The molecule has 1 aliphatic heterocycles. The van der Waals surface area contributed by atoms with E-state index in [0.29, 0.717) is 11.3 Å². The van der Waals surface area contributed by atoms with E-state index < -0.39 is 35.3 Å². The Morgan fingerprint density at radius 3 is 2.48 bits per heavy atom. The largest absolute Gasteiger partial charge is 0.507 e. The van der Waals surface area contributed by atoms with Crippen molar-refractivity contribution in [3.63, 3.8) is 0 Å². The molecule has 3 heterocycles. The first-order chi connectivity index (χ1) is 15.8. The maximum absolute atomic E-state index is 13.6. The van der Waals surface area contributed by atoms with Gasteiger partial charge in [0.05, 0.1) is 23.9 Å². The van der Waals surface area contributed by atoms with Gasteiger partial charge >= 0.3 is 11.9 Å². The number of hydrogen-bond donors (Lipinski definition) is 1. The topological polar surface area (TPSA) is 110 Å². The van der Waals surface area contributed by atoms with Crippen LogP contribution in [0.3, 0.4) is 0 Å². The summed E-state index contributed by atoms with van der Waals surface area (Å²) in [5, 5.41) is 11.0. The van der Waals surface area contributed by atoms with Crippen LogP contribution in [0.1, 0.15) is 39.5 Å². The fourth-order valence-electron chi connectivity index (χ4n) is 3.53. The molecule has 0 radical (unpaired) electrons. The van der Waals surface area contributed by atoms with E-state index in [1.54, 1.807) is 13.8 Å². The van der Waals surface area contributed by atoms with E-state index in [9.17, 15) is 23.9 Å². The summed E-state index contributed by atoms with van der Waals surface area (Å²) in [5.41, 5.74) is 0.833. The van der Waals surface area contributed by atoms with Gasteiger partial charge in [-0.05, 0) is 43.7 Å². The average molecular weight is 467 g/mol. The van der Waals surface area contributed by atoms with E-state index in [4.69, 9.17) is 4.74 Å². The van der Waals surface area contributed by atoms with Gasteiger partial charge in [0.2, 0.25) is 0 Å². The Kier molecular flexibility index (Phi) is 6.01. The SMILES string of the molecule is CCOC(=O)c1sc(N2C(=O)C(=O)C(=C(O)c3ccncc3)C2c2ccc(F)cc2)nc1C. The van der Waals surface area contributed by atoms with Crippen LogP contribution in [0.5, 0.6) is 0 Å². The third kappa shape index (κ3) is 4.00. The molecule has 0 bridgehead atoms. The number of benzene rings is 1. The number of amides is 1. The predicted molar refractivity (Wildman–Crippen MR) is 118 cm³/mol. The summed E-state index contributed by atoms with van der Waals surface area (Å²) in [6, 6.07) is 7.14. The Hall–Kier alpha value is -3.92. The van der Waals surface area contributed by atoms with Crippen molar-refractivity contribution in [2.75, 3.05) is 11.5 Å². The molecule has 10 heteroatoms. The Morgan fingerprint density at radius 1 is 1.18 bits per heavy atom. The number of pyridine rings is 1. The summed E-state index contributed by atoms with van der Waals surface area (Å²) in [7, 11) is 0. The molecule has 4 rings (SSSR count). The third-order valence-corrected chi connectivity index (χ3v) is 6.17. The number of carbonyl (C=O) groups excluding carboxylic acids is 3. The first-order valence-electron chi connectivity index (χ1n) is 9.94. The molecule has 1 N–H and O–H groups in total. The minimum Gasteiger partial charge on any atom is -0.507 e. The summed E-state index contributed by atoms with van der Waals surface area (Å²) in [4.78, 5) is 48.0. The fraction of sp³-hybridized carbons (Fsp3) is 0.174. The van der Waals surface area contributed by atoms with Gasteiger partial charge in [-0.1, -0.05) is 23.5 Å². The van der Waals surface area contributed by atoms with Gasteiger partial charge in [0.15, 0.2) is 5.13 Å². The maximum Gasteiger partial charge on any atom is 0.350 e. The second kappa shape index (κ2) is 8.91. The number of carbonyl (C=O) groups is 3. The molecular formula is C23H18FN3O5S. The number of nitrogens with zero attached hydrogens (tertiary/aromatic N) is 3. The highest BCUT2D eigenvalue weighted by atomic mass is 32.1. The highest BCUT2D eigenvalue weighted by Crippen LogP contribution is 2.43. The van der Waals surface area contributed by atoms with Crippen molar-refractivity contribution < 1.29 is 28.6 Å².